The van der Waals surface area contributed by atoms with Gasteiger partial charge in [0, 0.05) is 24.3 Å². The van der Waals surface area contributed by atoms with Crippen LogP contribution in [0.4, 0.5) is 11.4 Å². The average Bonchev–Trinajstić information content (AvgIpc) is 2.29. The number of hydrogen-bond acceptors (Lipinski definition) is 4. The molecule has 0 aromatic heterocycles. The maximum Gasteiger partial charge on any atom is 0.289 e. The van der Waals surface area contributed by atoms with Gasteiger partial charge in [0.1, 0.15) is 11.6 Å². The van der Waals surface area contributed by atoms with Crippen molar-refractivity contribution in [3.63, 3.8) is 0 Å². The molecule has 5 nitrogen and oxygen atoms in total. The SMILES string of the molecule is CCN(c1ccc(C#N)c([N+](=O)[O-])c1)C(C)C. The van der Waals surface area contributed by atoms with Crippen molar-refractivity contribution >= 4 is 11.4 Å². The molecular formula is C12H15N3O2. The van der Waals surface area contributed by atoms with Crippen molar-refractivity contribution in [2.45, 2.75) is 26.8 Å². The number of nitrogens with zero attached hydrogens (tertiary/aromatic N) is 3. The molecule has 90 valence electrons. The van der Waals surface area contributed by atoms with Crippen molar-refractivity contribution in [3.05, 3.63) is 33.9 Å². The second kappa shape index (κ2) is 5.30. The van der Waals surface area contributed by atoms with Gasteiger partial charge in [-0.1, -0.05) is 0 Å². The minimum atomic E-state index is -0.518. The number of nitriles is 1. The van der Waals surface area contributed by atoms with E-state index in [0.29, 0.717) is 0 Å². The lowest BCUT2D eigenvalue weighted by molar-refractivity contribution is -0.385. The van der Waals surface area contributed by atoms with E-state index in [1.165, 1.54) is 12.1 Å². The van der Waals surface area contributed by atoms with Crippen molar-refractivity contribution in [1.29, 1.82) is 5.26 Å². The quantitative estimate of drug-likeness (QED) is 0.592. The summed E-state index contributed by atoms with van der Waals surface area (Å²) in [5.41, 5.74) is 0.732. The summed E-state index contributed by atoms with van der Waals surface area (Å²) in [5, 5.41) is 19.6. The second-order valence-electron chi connectivity index (χ2n) is 3.95. The first kappa shape index (κ1) is 13.0. The van der Waals surface area contributed by atoms with Gasteiger partial charge in [-0.25, -0.2) is 0 Å². The molecule has 1 aromatic rings. The zero-order chi connectivity index (χ0) is 13.0. The Balaban J connectivity index is 3.25. The average molecular weight is 233 g/mol. The van der Waals surface area contributed by atoms with E-state index in [-0.39, 0.29) is 17.3 Å². The van der Waals surface area contributed by atoms with Gasteiger partial charge in [0.2, 0.25) is 0 Å². The Bertz CT molecular complexity index is 463. The molecule has 17 heavy (non-hydrogen) atoms. The van der Waals surface area contributed by atoms with Crippen LogP contribution in [0.1, 0.15) is 26.3 Å². The molecule has 0 atom stereocenters. The van der Waals surface area contributed by atoms with Gasteiger partial charge in [-0.05, 0) is 32.9 Å². The predicted octanol–water partition coefficient (Wildman–Crippen LogP) is 2.70. The van der Waals surface area contributed by atoms with E-state index in [1.54, 1.807) is 6.07 Å². The molecule has 0 bridgehead atoms. The summed E-state index contributed by atoms with van der Waals surface area (Å²) >= 11 is 0. The number of anilines is 1. The largest absolute Gasteiger partial charge is 0.369 e. The molecule has 1 aromatic carbocycles. The van der Waals surface area contributed by atoms with Crippen LogP contribution < -0.4 is 4.90 Å². The van der Waals surface area contributed by atoms with Crippen LogP contribution >= 0.6 is 0 Å². The van der Waals surface area contributed by atoms with Crippen molar-refractivity contribution in [1.82, 2.24) is 0 Å². The Kier molecular flexibility index (Phi) is 4.05. The van der Waals surface area contributed by atoms with Crippen molar-refractivity contribution in [2.75, 3.05) is 11.4 Å². The third-order valence-electron chi connectivity index (χ3n) is 2.59. The maximum atomic E-state index is 10.8. The summed E-state index contributed by atoms with van der Waals surface area (Å²) in [6.45, 7) is 6.80. The Morgan fingerprint density at radius 2 is 2.18 bits per heavy atom. The molecule has 0 saturated carbocycles. The summed E-state index contributed by atoms with van der Waals surface area (Å²) in [4.78, 5) is 12.4. The van der Waals surface area contributed by atoms with Crippen LogP contribution in [0.5, 0.6) is 0 Å². The highest BCUT2D eigenvalue weighted by atomic mass is 16.6. The fraction of sp³-hybridized carbons (Fsp3) is 0.417. The van der Waals surface area contributed by atoms with Gasteiger partial charge in [0.15, 0.2) is 0 Å². The van der Waals surface area contributed by atoms with E-state index in [1.807, 2.05) is 31.7 Å². The summed E-state index contributed by atoms with van der Waals surface area (Å²) in [5.74, 6) is 0. The third-order valence-corrected chi connectivity index (χ3v) is 2.59. The molecule has 0 saturated heterocycles. The first-order chi connectivity index (χ1) is 8.01. The van der Waals surface area contributed by atoms with Gasteiger partial charge in [-0.15, -0.1) is 0 Å². The maximum absolute atomic E-state index is 10.8. The second-order valence-corrected chi connectivity index (χ2v) is 3.95. The van der Waals surface area contributed by atoms with Crippen LogP contribution in [0, 0.1) is 21.4 Å². The van der Waals surface area contributed by atoms with E-state index < -0.39 is 4.92 Å². The molecule has 0 aliphatic heterocycles. The molecule has 0 N–H and O–H groups in total. The zero-order valence-electron chi connectivity index (χ0n) is 10.2. The molecule has 0 fully saturated rings. The van der Waals surface area contributed by atoms with Crippen LogP contribution in [0.15, 0.2) is 18.2 Å². The highest BCUT2D eigenvalue weighted by Crippen LogP contribution is 2.26. The number of hydrogen-bond donors (Lipinski definition) is 0. The van der Waals surface area contributed by atoms with E-state index in [0.717, 1.165) is 12.2 Å². The lowest BCUT2D eigenvalue weighted by atomic mass is 10.1. The Morgan fingerprint density at radius 3 is 2.59 bits per heavy atom. The van der Waals surface area contributed by atoms with Gasteiger partial charge in [-0.3, -0.25) is 10.1 Å². The van der Waals surface area contributed by atoms with E-state index in [9.17, 15) is 10.1 Å². The first-order valence-corrected chi connectivity index (χ1v) is 5.46. The Hall–Kier alpha value is -2.09. The smallest absolute Gasteiger partial charge is 0.289 e. The minimum Gasteiger partial charge on any atom is -0.369 e. The van der Waals surface area contributed by atoms with Crippen LogP contribution in [0.3, 0.4) is 0 Å². The number of nitro groups is 1. The van der Waals surface area contributed by atoms with Crippen molar-refractivity contribution < 1.29 is 4.92 Å². The van der Waals surface area contributed by atoms with Gasteiger partial charge < -0.3 is 4.90 Å². The number of benzene rings is 1. The van der Waals surface area contributed by atoms with Crippen molar-refractivity contribution in [3.8, 4) is 6.07 Å². The predicted molar refractivity (Wildman–Crippen MR) is 66.0 cm³/mol. The highest BCUT2D eigenvalue weighted by molar-refractivity contribution is 5.60. The third kappa shape index (κ3) is 2.72. The Labute approximate surface area is 100 Å². The summed E-state index contributed by atoms with van der Waals surface area (Å²) in [6, 6.07) is 6.79. The number of rotatable bonds is 4. The molecule has 5 heteroatoms. The fourth-order valence-corrected chi connectivity index (χ4v) is 1.79. The molecule has 0 unspecified atom stereocenters. The van der Waals surface area contributed by atoms with Crippen LogP contribution in [0.2, 0.25) is 0 Å². The lowest BCUT2D eigenvalue weighted by Gasteiger charge is -2.27. The number of nitro benzene ring substituents is 1. The van der Waals surface area contributed by atoms with Gasteiger partial charge in [0.05, 0.1) is 4.92 Å². The van der Waals surface area contributed by atoms with Gasteiger partial charge in [0.25, 0.3) is 5.69 Å². The Morgan fingerprint density at radius 1 is 1.53 bits per heavy atom. The van der Waals surface area contributed by atoms with Crippen LogP contribution in [-0.4, -0.2) is 17.5 Å². The van der Waals surface area contributed by atoms with Gasteiger partial charge >= 0.3 is 0 Å². The standard InChI is InChI=1S/C12H15N3O2/c1-4-14(9(2)3)11-6-5-10(8-13)12(7-11)15(16)17/h5-7,9H,4H2,1-3H3. The molecule has 1 rings (SSSR count). The summed E-state index contributed by atoms with van der Waals surface area (Å²) in [7, 11) is 0. The molecule has 0 radical (unpaired) electrons. The molecule has 0 amide bonds. The molecule has 0 aliphatic carbocycles. The molecule has 0 aliphatic rings. The molecule has 0 spiro atoms. The minimum absolute atomic E-state index is 0.0959. The molecule has 0 heterocycles. The lowest BCUT2D eigenvalue weighted by Crippen LogP contribution is -2.30. The van der Waals surface area contributed by atoms with E-state index >= 15 is 0 Å². The van der Waals surface area contributed by atoms with Crippen molar-refractivity contribution in [2.24, 2.45) is 0 Å². The normalized spacial score (nSPS) is 10.1. The summed E-state index contributed by atoms with van der Waals surface area (Å²) in [6.07, 6.45) is 0. The monoisotopic (exact) mass is 233 g/mol. The fourth-order valence-electron chi connectivity index (χ4n) is 1.79. The van der Waals surface area contributed by atoms with Crippen LogP contribution in [-0.2, 0) is 0 Å². The highest BCUT2D eigenvalue weighted by Gasteiger charge is 2.17. The first-order valence-electron chi connectivity index (χ1n) is 5.46. The topological polar surface area (TPSA) is 70.2 Å². The van der Waals surface area contributed by atoms with Crippen LogP contribution in [0.25, 0.3) is 0 Å². The summed E-state index contributed by atoms with van der Waals surface area (Å²) < 4.78 is 0. The van der Waals surface area contributed by atoms with E-state index in [2.05, 4.69) is 0 Å². The zero-order valence-corrected chi connectivity index (χ0v) is 10.2. The van der Waals surface area contributed by atoms with Gasteiger partial charge in [-0.2, -0.15) is 5.26 Å². The molecular weight excluding hydrogens is 218 g/mol. The van der Waals surface area contributed by atoms with E-state index in [4.69, 9.17) is 5.26 Å².